The Morgan fingerprint density at radius 1 is 1.50 bits per heavy atom. The van der Waals surface area contributed by atoms with Gasteiger partial charge < -0.3 is 10.5 Å². The number of rotatable bonds is 6. The van der Waals surface area contributed by atoms with Crippen LogP contribution in [0.5, 0.6) is 0 Å². The van der Waals surface area contributed by atoms with Crippen LogP contribution in [0.1, 0.15) is 58.8 Å². The Balaban J connectivity index is 3.16. The Bertz CT molecular complexity index is 392. The molecule has 0 amide bonds. The summed E-state index contributed by atoms with van der Waals surface area (Å²) in [5, 5.41) is 4.38. The van der Waals surface area contributed by atoms with Crippen LogP contribution in [0.25, 0.3) is 0 Å². The van der Waals surface area contributed by atoms with Crippen LogP contribution >= 0.6 is 15.9 Å². The van der Waals surface area contributed by atoms with Crippen molar-refractivity contribution >= 4 is 15.9 Å². The maximum absolute atomic E-state index is 6.44. The molecular formula is C13H24BrN3O. The van der Waals surface area contributed by atoms with E-state index in [1.54, 1.807) is 6.20 Å². The van der Waals surface area contributed by atoms with Gasteiger partial charge in [0, 0.05) is 12.6 Å². The van der Waals surface area contributed by atoms with Crippen molar-refractivity contribution in [2.24, 2.45) is 5.73 Å². The van der Waals surface area contributed by atoms with Crippen molar-refractivity contribution < 1.29 is 4.74 Å². The number of ether oxygens (including phenoxy) is 1. The second-order valence-electron chi connectivity index (χ2n) is 4.99. The fraction of sp³-hybridized carbons (Fsp3) is 0.769. The molecule has 1 aromatic heterocycles. The Hall–Kier alpha value is -0.390. The lowest BCUT2D eigenvalue weighted by atomic mass is 9.91. The Morgan fingerprint density at radius 2 is 2.11 bits per heavy atom. The van der Waals surface area contributed by atoms with Crippen LogP contribution in [-0.2, 0) is 4.74 Å². The molecule has 0 aliphatic carbocycles. The van der Waals surface area contributed by atoms with Crippen molar-refractivity contribution in [2.45, 2.75) is 58.7 Å². The lowest BCUT2D eigenvalue weighted by Gasteiger charge is -2.35. The third-order valence-electron chi connectivity index (χ3n) is 3.40. The largest absolute Gasteiger partial charge is 0.374 e. The van der Waals surface area contributed by atoms with Gasteiger partial charge in [-0.15, -0.1) is 0 Å². The van der Waals surface area contributed by atoms with Gasteiger partial charge in [-0.25, -0.2) is 0 Å². The van der Waals surface area contributed by atoms with Crippen LogP contribution in [0.4, 0.5) is 0 Å². The molecule has 104 valence electrons. The van der Waals surface area contributed by atoms with E-state index in [-0.39, 0.29) is 17.7 Å². The van der Waals surface area contributed by atoms with Gasteiger partial charge in [-0.1, -0.05) is 6.92 Å². The van der Waals surface area contributed by atoms with E-state index in [0.29, 0.717) is 6.61 Å². The first-order valence-electron chi connectivity index (χ1n) is 6.49. The third-order valence-corrected chi connectivity index (χ3v) is 4.02. The minimum absolute atomic E-state index is 0.207. The minimum Gasteiger partial charge on any atom is -0.374 e. The predicted octanol–water partition coefficient (Wildman–Crippen LogP) is 3.43. The normalized spacial score (nSPS) is 16.9. The standard InChI is InChI=1S/C13H24BrN3O/c1-6-13(5,18-7-2)12(15)11-10(14)8-16-17(11)9(3)4/h8-9,12H,6-7,15H2,1-5H3. The van der Waals surface area contributed by atoms with Crippen molar-refractivity contribution in [1.82, 2.24) is 9.78 Å². The SMILES string of the molecule is CCOC(C)(CC)C(N)c1c(Br)cnn1C(C)C. The highest BCUT2D eigenvalue weighted by Gasteiger charge is 2.35. The van der Waals surface area contributed by atoms with Crippen molar-refractivity contribution in [1.29, 1.82) is 0 Å². The van der Waals surface area contributed by atoms with Crippen LogP contribution in [0.3, 0.4) is 0 Å². The minimum atomic E-state index is -0.371. The monoisotopic (exact) mass is 317 g/mol. The molecule has 0 saturated carbocycles. The van der Waals surface area contributed by atoms with Crippen LogP contribution in [0, 0.1) is 0 Å². The quantitative estimate of drug-likeness (QED) is 0.874. The molecule has 4 nitrogen and oxygen atoms in total. The zero-order chi connectivity index (χ0) is 13.9. The first-order valence-corrected chi connectivity index (χ1v) is 7.29. The number of hydrogen-bond donors (Lipinski definition) is 1. The van der Waals surface area contributed by atoms with Crippen LogP contribution < -0.4 is 5.73 Å². The second kappa shape index (κ2) is 6.17. The first kappa shape index (κ1) is 15.7. The van der Waals surface area contributed by atoms with E-state index in [2.05, 4.69) is 48.7 Å². The molecule has 0 saturated heterocycles. The summed E-state index contributed by atoms with van der Waals surface area (Å²) in [5.74, 6) is 0. The van der Waals surface area contributed by atoms with Gasteiger partial charge in [0.1, 0.15) is 0 Å². The summed E-state index contributed by atoms with van der Waals surface area (Å²) in [5.41, 5.74) is 7.07. The lowest BCUT2D eigenvalue weighted by Crippen LogP contribution is -2.42. The maximum Gasteiger partial charge on any atom is 0.0859 e. The van der Waals surface area contributed by atoms with Gasteiger partial charge in [-0.05, 0) is 50.0 Å². The summed E-state index contributed by atoms with van der Waals surface area (Å²) in [7, 11) is 0. The second-order valence-corrected chi connectivity index (χ2v) is 5.85. The van der Waals surface area contributed by atoms with E-state index in [1.807, 2.05) is 11.6 Å². The molecule has 0 spiro atoms. The van der Waals surface area contributed by atoms with E-state index in [4.69, 9.17) is 10.5 Å². The van der Waals surface area contributed by atoms with E-state index < -0.39 is 0 Å². The number of halogens is 1. The van der Waals surface area contributed by atoms with Crippen molar-refractivity contribution in [3.8, 4) is 0 Å². The molecule has 2 N–H and O–H groups in total. The number of hydrogen-bond acceptors (Lipinski definition) is 3. The van der Waals surface area contributed by atoms with Gasteiger partial charge in [0.05, 0.1) is 28.0 Å². The van der Waals surface area contributed by atoms with Crippen molar-refractivity contribution in [2.75, 3.05) is 6.61 Å². The van der Waals surface area contributed by atoms with Crippen LogP contribution in [0.15, 0.2) is 10.7 Å². The molecule has 2 atom stereocenters. The Kier molecular flexibility index (Phi) is 5.37. The lowest BCUT2D eigenvalue weighted by molar-refractivity contribution is -0.0493. The predicted molar refractivity (Wildman–Crippen MR) is 77.6 cm³/mol. The number of nitrogens with zero attached hydrogens (tertiary/aromatic N) is 2. The fourth-order valence-electron chi connectivity index (χ4n) is 2.08. The number of aromatic nitrogens is 2. The summed E-state index contributed by atoms with van der Waals surface area (Å²) in [4.78, 5) is 0. The average Bonchev–Trinajstić information content (AvgIpc) is 2.70. The van der Waals surface area contributed by atoms with E-state index in [0.717, 1.165) is 16.6 Å². The van der Waals surface area contributed by atoms with Gasteiger partial charge in [-0.3, -0.25) is 4.68 Å². The van der Waals surface area contributed by atoms with E-state index in [9.17, 15) is 0 Å². The molecule has 0 aromatic carbocycles. The average molecular weight is 318 g/mol. The summed E-state index contributed by atoms with van der Waals surface area (Å²) >= 11 is 3.54. The smallest absolute Gasteiger partial charge is 0.0859 e. The highest BCUT2D eigenvalue weighted by molar-refractivity contribution is 9.10. The molecular weight excluding hydrogens is 294 g/mol. The molecule has 1 aromatic rings. The van der Waals surface area contributed by atoms with E-state index >= 15 is 0 Å². The highest BCUT2D eigenvalue weighted by atomic mass is 79.9. The molecule has 0 fully saturated rings. The van der Waals surface area contributed by atoms with Crippen LogP contribution in [-0.4, -0.2) is 22.0 Å². The number of nitrogens with two attached hydrogens (primary N) is 1. The molecule has 0 bridgehead atoms. The Labute approximate surface area is 118 Å². The van der Waals surface area contributed by atoms with Crippen molar-refractivity contribution in [3.05, 3.63) is 16.4 Å². The molecule has 1 rings (SSSR count). The fourth-order valence-corrected chi connectivity index (χ4v) is 2.60. The third kappa shape index (κ3) is 2.95. The van der Waals surface area contributed by atoms with Crippen molar-refractivity contribution in [3.63, 3.8) is 0 Å². The topological polar surface area (TPSA) is 53.1 Å². The molecule has 5 heteroatoms. The molecule has 1 heterocycles. The van der Waals surface area contributed by atoms with E-state index in [1.165, 1.54) is 0 Å². The van der Waals surface area contributed by atoms with Crippen LogP contribution in [0.2, 0.25) is 0 Å². The first-order chi connectivity index (χ1) is 8.37. The summed E-state index contributed by atoms with van der Waals surface area (Å²) in [6, 6.07) is 0.0711. The summed E-state index contributed by atoms with van der Waals surface area (Å²) in [6.45, 7) is 11.0. The van der Waals surface area contributed by atoms with Gasteiger partial charge in [0.25, 0.3) is 0 Å². The van der Waals surface area contributed by atoms with Gasteiger partial charge in [0.2, 0.25) is 0 Å². The Morgan fingerprint density at radius 3 is 2.56 bits per heavy atom. The zero-order valence-electron chi connectivity index (χ0n) is 11.9. The molecule has 0 radical (unpaired) electrons. The molecule has 2 unspecified atom stereocenters. The van der Waals surface area contributed by atoms with Gasteiger partial charge in [0.15, 0.2) is 0 Å². The molecule has 0 aliphatic rings. The summed E-state index contributed by atoms with van der Waals surface area (Å²) < 4.78 is 8.77. The summed E-state index contributed by atoms with van der Waals surface area (Å²) in [6.07, 6.45) is 2.66. The maximum atomic E-state index is 6.44. The molecule has 18 heavy (non-hydrogen) atoms. The van der Waals surface area contributed by atoms with Gasteiger partial charge >= 0.3 is 0 Å². The highest BCUT2D eigenvalue weighted by Crippen LogP contribution is 2.35. The zero-order valence-corrected chi connectivity index (χ0v) is 13.5. The molecule has 0 aliphatic heterocycles. The van der Waals surface area contributed by atoms with Gasteiger partial charge in [-0.2, -0.15) is 5.10 Å².